The van der Waals surface area contributed by atoms with Crippen LogP contribution in [0, 0.1) is 17.1 Å². The summed E-state index contributed by atoms with van der Waals surface area (Å²) >= 11 is 0. The summed E-state index contributed by atoms with van der Waals surface area (Å²) in [5.41, 5.74) is 3.26. The number of hydrogen-bond acceptors (Lipinski definition) is 5. The molecule has 2 amide bonds. The molecule has 0 radical (unpaired) electrons. The lowest BCUT2D eigenvalue weighted by molar-refractivity contribution is -0.274. The molecule has 0 spiro atoms. The van der Waals surface area contributed by atoms with Gasteiger partial charge < -0.3 is 10.1 Å². The summed E-state index contributed by atoms with van der Waals surface area (Å²) in [7, 11) is 0. The number of urea groups is 1. The maximum atomic E-state index is 12.9. The number of nitriles is 1. The Morgan fingerprint density at radius 3 is 2.28 bits per heavy atom. The van der Waals surface area contributed by atoms with E-state index in [-0.39, 0.29) is 11.9 Å². The Kier molecular flexibility index (Phi) is 7.50. The summed E-state index contributed by atoms with van der Waals surface area (Å²) in [6, 6.07) is 11.4. The van der Waals surface area contributed by atoms with Crippen LogP contribution in [-0.4, -0.2) is 36.5 Å². The number of carbonyl (C=O) groups is 1. The molecular weight excluding hydrogens is 432 g/mol. The van der Waals surface area contributed by atoms with Crippen molar-refractivity contribution < 1.29 is 31.9 Å². The highest BCUT2D eigenvalue weighted by Crippen LogP contribution is 2.28. The quantitative estimate of drug-likeness (QED) is 0.498. The second-order valence-electron chi connectivity index (χ2n) is 7.06. The van der Waals surface area contributed by atoms with E-state index in [4.69, 9.17) is 4.84 Å². The standard InChI is InChI=1S/C21H20F4N4O3/c22-15-3-5-16(6-4-15)27-20(30)28-32-18-9-11-29(12-10-18)19(13-26)14-1-7-17(8-2-14)31-21(23,24)25/h1-8,18-19H,9-12H2,(H2,27,28,30). The topological polar surface area (TPSA) is 86.6 Å². The van der Waals surface area contributed by atoms with E-state index in [0.717, 1.165) is 0 Å². The predicted molar refractivity (Wildman–Crippen MR) is 106 cm³/mol. The van der Waals surface area contributed by atoms with Gasteiger partial charge in [-0.15, -0.1) is 13.2 Å². The first-order valence-corrected chi connectivity index (χ1v) is 9.71. The number of amides is 2. The van der Waals surface area contributed by atoms with E-state index in [1.165, 1.54) is 48.5 Å². The normalized spacial score (nSPS) is 16.1. The van der Waals surface area contributed by atoms with E-state index in [1.807, 2.05) is 4.90 Å². The molecule has 1 saturated heterocycles. The molecule has 1 atom stereocenters. The third-order valence-corrected chi connectivity index (χ3v) is 4.81. The molecule has 11 heteroatoms. The highest BCUT2D eigenvalue weighted by atomic mass is 19.4. The van der Waals surface area contributed by atoms with Crippen molar-refractivity contribution >= 4 is 11.7 Å². The van der Waals surface area contributed by atoms with Gasteiger partial charge in [-0.05, 0) is 54.8 Å². The summed E-state index contributed by atoms with van der Waals surface area (Å²) in [6.07, 6.45) is -3.98. The summed E-state index contributed by atoms with van der Waals surface area (Å²) in [4.78, 5) is 19.2. The maximum Gasteiger partial charge on any atom is 0.573 e. The van der Waals surface area contributed by atoms with Gasteiger partial charge in [0.05, 0.1) is 12.2 Å². The van der Waals surface area contributed by atoms with Crippen LogP contribution in [0.1, 0.15) is 24.4 Å². The zero-order valence-corrected chi connectivity index (χ0v) is 16.7. The molecule has 0 aliphatic carbocycles. The molecule has 32 heavy (non-hydrogen) atoms. The summed E-state index contributed by atoms with van der Waals surface area (Å²) in [5, 5.41) is 12.1. The van der Waals surface area contributed by atoms with E-state index in [0.29, 0.717) is 37.2 Å². The third kappa shape index (κ3) is 6.83. The first-order chi connectivity index (χ1) is 15.2. The third-order valence-electron chi connectivity index (χ3n) is 4.81. The number of alkyl halides is 3. The number of anilines is 1. The SMILES string of the molecule is N#CC(c1ccc(OC(F)(F)F)cc1)N1CCC(ONC(=O)Nc2ccc(F)cc2)CC1. The fraction of sp³-hybridized carbons (Fsp3) is 0.333. The van der Waals surface area contributed by atoms with E-state index in [9.17, 15) is 27.6 Å². The fourth-order valence-corrected chi connectivity index (χ4v) is 3.30. The van der Waals surface area contributed by atoms with Crippen molar-refractivity contribution in [2.45, 2.75) is 31.3 Å². The summed E-state index contributed by atoms with van der Waals surface area (Å²) in [6.45, 7) is 0.982. The molecule has 0 bridgehead atoms. The largest absolute Gasteiger partial charge is 0.573 e. The summed E-state index contributed by atoms with van der Waals surface area (Å²) in [5.74, 6) is -0.768. The predicted octanol–water partition coefficient (Wildman–Crippen LogP) is 4.51. The van der Waals surface area contributed by atoms with Crippen molar-refractivity contribution in [2.75, 3.05) is 18.4 Å². The Hall–Kier alpha value is -3.36. The van der Waals surface area contributed by atoms with E-state index in [1.54, 1.807) is 0 Å². The monoisotopic (exact) mass is 452 g/mol. The molecule has 3 rings (SSSR count). The van der Waals surface area contributed by atoms with Gasteiger partial charge in [0.1, 0.15) is 17.6 Å². The van der Waals surface area contributed by atoms with E-state index in [2.05, 4.69) is 21.6 Å². The van der Waals surface area contributed by atoms with Crippen LogP contribution in [0.25, 0.3) is 0 Å². The molecule has 1 aliphatic rings. The lowest BCUT2D eigenvalue weighted by Gasteiger charge is -2.34. The minimum atomic E-state index is -4.78. The van der Waals surface area contributed by atoms with Crippen LogP contribution < -0.4 is 15.5 Å². The molecule has 0 aromatic heterocycles. The van der Waals surface area contributed by atoms with Gasteiger partial charge in [0.25, 0.3) is 0 Å². The van der Waals surface area contributed by atoms with Crippen LogP contribution in [0.5, 0.6) is 5.75 Å². The number of nitrogens with one attached hydrogen (secondary N) is 2. The Morgan fingerprint density at radius 1 is 1.09 bits per heavy atom. The van der Waals surface area contributed by atoms with Crippen molar-refractivity contribution in [1.29, 1.82) is 5.26 Å². The van der Waals surface area contributed by atoms with Crippen LogP contribution in [0.4, 0.5) is 28.0 Å². The molecule has 1 fully saturated rings. The van der Waals surface area contributed by atoms with Crippen molar-refractivity contribution in [3.8, 4) is 11.8 Å². The highest BCUT2D eigenvalue weighted by molar-refractivity contribution is 5.88. The Labute approximate surface area is 181 Å². The Morgan fingerprint density at radius 2 is 1.72 bits per heavy atom. The number of halogens is 4. The number of ether oxygens (including phenoxy) is 1. The molecule has 2 N–H and O–H groups in total. The van der Waals surface area contributed by atoms with E-state index >= 15 is 0 Å². The van der Waals surface area contributed by atoms with Gasteiger partial charge in [-0.2, -0.15) is 5.26 Å². The Balaban J connectivity index is 1.46. The number of hydrogen-bond donors (Lipinski definition) is 2. The molecule has 1 unspecified atom stereocenters. The van der Waals surface area contributed by atoms with Crippen LogP contribution in [0.3, 0.4) is 0 Å². The second kappa shape index (κ2) is 10.3. The van der Waals surface area contributed by atoms with Gasteiger partial charge in [-0.25, -0.2) is 14.7 Å². The molecule has 7 nitrogen and oxygen atoms in total. The number of likely N-dealkylation sites (tertiary alicyclic amines) is 1. The lowest BCUT2D eigenvalue weighted by atomic mass is 10.0. The van der Waals surface area contributed by atoms with Crippen molar-refractivity contribution in [2.24, 2.45) is 0 Å². The minimum Gasteiger partial charge on any atom is -0.406 e. The van der Waals surface area contributed by atoms with Crippen LogP contribution in [0.2, 0.25) is 0 Å². The van der Waals surface area contributed by atoms with Crippen LogP contribution in [0.15, 0.2) is 48.5 Å². The number of benzene rings is 2. The zero-order chi connectivity index (χ0) is 23.1. The average molecular weight is 452 g/mol. The Bertz CT molecular complexity index is 938. The number of rotatable bonds is 6. The maximum absolute atomic E-state index is 12.9. The van der Waals surface area contributed by atoms with Crippen molar-refractivity contribution in [3.63, 3.8) is 0 Å². The molecule has 1 aliphatic heterocycles. The zero-order valence-electron chi connectivity index (χ0n) is 16.7. The molecular formula is C21H20F4N4O3. The van der Waals surface area contributed by atoms with Crippen LogP contribution >= 0.6 is 0 Å². The minimum absolute atomic E-state index is 0.271. The van der Waals surface area contributed by atoms with Crippen molar-refractivity contribution in [3.05, 3.63) is 59.9 Å². The molecule has 2 aromatic rings. The van der Waals surface area contributed by atoms with Gasteiger partial charge in [0, 0.05) is 18.8 Å². The fourth-order valence-electron chi connectivity index (χ4n) is 3.30. The number of piperidine rings is 1. The highest BCUT2D eigenvalue weighted by Gasteiger charge is 2.31. The molecule has 0 saturated carbocycles. The molecule has 1 heterocycles. The lowest BCUT2D eigenvalue weighted by Crippen LogP contribution is -2.42. The van der Waals surface area contributed by atoms with Crippen molar-refractivity contribution in [1.82, 2.24) is 10.4 Å². The number of hydroxylamine groups is 1. The first-order valence-electron chi connectivity index (χ1n) is 9.71. The van der Waals surface area contributed by atoms with Gasteiger partial charge in [-0.1, -0.05) is 12.1 Å². The smallest absolute Gasteiger partial charge is 0.406 e. The van der Waals surface area contributed by atoms with Gasteiger partial charge in [-0.3, -0.25) is 9.74 Å². The average Bonchev–Trinajstić information content (AvgIpc) is 2.75. The molecule has 2 aromatic carbocycles. The van der Waals surface area contributed by atoms with E-state index < -0.39 is 24.3 Å². The van der Waals surface area contributed by atoms with Gasteiger partial charge >= 0.3 is 12.4 Å². The van der Waals surface area contributed by atoms with Gasteiger partial charge in [0.2, 0.25) is 0 Å². The summed E-state index contributed by atoms with van der Waals surface area (Å²) < 4.78 is 53.6. The number of nitrogens with zero attached hydrogens (tertiary/aromatic N) is 2. The first kappa shape index (κ1) is 23.3. The van der Waals surface area contributed by atoms with Crippen LogP contribution in [-0.2, 0) is 4.84 Å². The molecule has 170 valence electrons. The second-order valence-corrected chi connectivity index (χ2v) is 7.06. The number of carbonyl (C=O) groups excluding carboxylic acids is 1. The van der Waals surface area contributed by atoms with Gasteiger partial charge in [0.15, 0.2) is 0 Å².